The highest BCUT2D eigenvalue weighted by molar-refractivity contribution is 6.12. The molecule has 0 amide bonds. The average molecular weight is 816 g/mol. The summed E-state index contributed by atoms with van der Waals surface area (Å²) >= 11 is 0. The van der Waals surface area contributed by atoms with Gasteiger partial charge in [0.15, 0.2) is 0 Å². The lowest BCUT2D eigenvalue weighted by Gasteiger charge is -2.27. The van der Waals surface area contributed by atoms with Crippen molar-refractivity contribution in [3.05, 3.63) is 249 Å². The molecule has 11 aromatic carbocycles. The minimum absolute atomic E-state index is 0.901. The van der Waals surface area contributed by atoms with Gasteiger partial charge in [-0.15, -0.1) is 0 Å². The second kappa shape index (κ2) is 15.8. The molecule has 0 aliphatic rings. The zero-order valence-electron chi connectivity index (χ0n) is 35.0. The Bertz CT molecular complexity index is 3660. The Morgan fingerprint density at radius 1 is 0.250 bits per heavy atom. The Morgan fingerprint density at radius 2 is 0.750 bits per heavy atom. The molecule has 0 aliphatic carbocycles. The van der Waals surface area contributed by atoms with Crippen molar-refractivity contribution in [1.82, 2.24) is 0 Å². The van der Waals surface area contributed by atoms with E-state index in [2.05, 4.69) is 241 Å². The van der Waals surface area contributed by atoms with Gasteiger partial charge in [0, 0.05) is 33.4 Å². The van der Waals surface area contributed by atoms with Gasteiger partial charge in [0.05, 0.1) is 0 Å². The fraction of sp³-hybridized carbons (Fsp3) is 0. The summed E-state index contributed by atoms with van der Waals surface area (Å²) in [7, 11) is 0. The van der Waals surface area contributed by atoms with Gasteiger partial charge in [0.1, 0.15) is 11.2 Å². The Hall–Kier alpha value is -8.46. The predicted molar refractivity (Wildman–Crippen MR) is 271 cm³/mol. The van der Waals surface area contributed by atoms with Crippen molar-refractivity contribution in [1.29, 1.82) is 0 Å². The summed E-state index contributed by atoms with van der Waals surface area (Å²) < 4.78 is 6.47. The molecule has 1 heterocycles. The molecule has 2 nitrogen and oxygen atoms in total. The van der Waals surface area contributed by atoms with Crippen molar-refractivity contribution < 1.29 is 4.42 Å². The van der Waals surface area contributed by atoms with Crippen LogP contribution >= 0.6 is 0 Å². The summed E-state index contributed by atoms with van der Waals surface area (Å²) in [4.78, 5) is 2.37. The summed E-state index contributed by atoms with van der Waals surface area (Å²) in [6, 6.07) is 89.6. The molecule has 0 spiro atoms. The Labute approximate surface area is 372 Å². The molecule has 12 aromatic rings. The van der Waals surface area contributed by atoms with Gasteiger partial charge in [-0.1, -0.05) is 206 Å². The van der Waals surface area contributed by atoms with Crippen LogP contribution in [0.1, 0.15) is 0 Å². The third-order valence-corrected chi connectivity index (χ3v) is 12.7. The van der Waals surface area contributed by atoms with Gasteiger partial charge in [-0.05, 0) is 114 Å². The zero-order valence-corrected chi connectivity index (χ0v) is 35.0. The van der Waals surface area contributed by atoms with E-state index in [0.717, 1.165) is 55.7 Å². The molecule has 0 saturated carbocycles. The molecule has 0 N–H and O–H groups in total. The minimum Gasteiger partial charge on any atom is -0.455 e. The van der Waals surface area contributed by atoms with Crippen LogP contribution in [0.4, 0.5) is 17.1 Å². The van der Waals surface area contributed by atoms with E-state index in [9.17, 15) is 0 Å². The van der Waals surface area contributed by atoms with Crippen LogP contribution in [0.5, 0.6) is 0 Å². The van der Waals surface area contributed by atoms with Gasteiger partial charge in [0.2, 0.25) is 0 Å². The number of hydrogen-bond acceptors (Lipinski definition) is 2. The van der Waals surface area contributed by atoms with Crippen molar-refractivity contribution in [2.75, 3.05) is 4.90 Å². The summed E-state index contributed by atoms with van der Waals surface area (Å²) in [6.07, 6.45) is 0. The van der Waals surface area contributed by atoms with E-state index in [4.69, 9.17) is 4.42 Å². The van der Waals surface area contributed by atoms with Crippen molar-refractivity contribution in [3.63, 3.8) is 0 Å². The number of furan rings is 1. The van der Waals surface area contributed by atoms with Gasteiger partial charge in [0.25, 0.3) is 0 Å². The van der Waals surface area contributed by atoms with Gasteiger partial charge in [-0.2, -0.15) is 0 Å². The molecule has 64 heavy (non-hydrogen) atoms. The maximum atomic E-state index is 6.47. The second-order valence-corrected chi connectivity index (χ2v) is 16.4. The molecular formula is C62H41NO. The number of fused-ring (bicyclic) bond motifs is 6. The predicted octanol–water partition coefficient (Wildman–Crippen LogP) is 17.7. The second-order valence-electron chi connectivity index (χ2n) is 16.4. The van der Waals surface area contributed by atoms with Crippen LogP contribution in [0.3, 0.4) is 0 Å². The topological polar surface area (TPSA) is 16.4 Å². The number of hydrogen-bond donors (Lipinski definition) is 0. The van der Waals surface area contributed by atoms with E-state index in [1.807, 2.05) is 12.1 Å². The zero-order chi connectivity index (χ0) is 42.4. The van der Waals surface area contributed by atoms with Crippen LogP contribution in [-0.4, -0.2) is 0 Å². The highest BCUT2D eigenvalue weighted by atomic mass is 16.3. The number of nitrogens with zero attached hydrogens (tertiary/aromatic N) is 1. The fourth-order valence-electron chi connectivity index (χ4n) is 9.66. The molecule has 0 radical (unpaired) electrons. The molecule has 0 fully saturated rings. The molecule has 300 valence electrons. The molecular weight excluding hydrogens is 775 g/mol. The first-order valence-corrected chi connectivity index (χ1v) is 21.9. The number of rotatable bonds is 8. The van der Waals surface area contributed by atoms with Crippen LogP contribution < -0.4 is 4.90 Å². The van der Waals surface area contributed by atoms with E-state index in [0.29, 0.717) is 0 Å². The molecule has 0 atom stereocenters. The smallest absolute Gasteiger partial charge is 0.143 e. The van der Waals surface area contributed by atoms with Crippen LogP contribution in [0.2, 0.25) is 0 Å². The highest BCUT2D eigenvalue weighted by Crippen LogP contribution is 2.43. The van der Waals surface area contributed by atoms with Gasteiger partial charge in [-0.3, -0.25) is 0 Å². The van der Waals surface area contributed by atoms with E-state index in [1.54, 1.807) is 0 Å². The van der Waals surface area contributed by atoms with Crippen molar-refractivity contribution in [3.8, 4) is 55.6 Å². The van der Waals surface area contributed by atoms with Crippen LogP contribution in [0.25, 0.3) is 99.1 Å². The summed E-state index contributed by atoms with van der Waals surface area (Å²) in [5.74, 6) is 0. The lowest BCUT2D eigenvalue weighted by molar-refractivity contribution is 0.670. The minimum atomic E-state index is 0.901. The Kier molecular flexibility index (Phi) is 9.20. The standard InChI is InChI=1S/C62H41NO/c1-2-15-42(16-3-1)50-21-6-8-23-55(50)56-24-9-7-22-53(56)46-18-12-19-49(41-46)63(48-38-33-45(34-39-48)54-27-14-29-60-59-25-10-11-30-61(59)64-62(54)60)47-36-31-44(32-37-47)52-26-13-28-57-51-20-5-4-17-43(51)35-40-58(52)57/h1-41H. The first-order chi connectivity index (χ1) is 31.7. The molecule has 0 bridgehead atoms. The van der Waals surface area contributed by atoms with Gasteiger partial charge >= 0.3 is 0 Å². The summed E-state index contributed by atoms with van der Waals surface area (Å²) in [6.45, 7) is 0. The lowest BCUT2D eigenvalue weighted by atomic mass is 9.89. The maximum absolute atomic E-state index is 6.47. The number of para-hydroxylation sites is 2. The number of benzene rings is 11. The number of anilines is 3. The molecule has 0 saturated heterocycles. The van der Waals surface area contributed by atoms with Crippen molar-refractivity contribution in [2.45, 2.75) is 0 Å². The van der Waals surface area contributed by atoms with E-state index < -0.39 is 0 Å². The van der Waals surface area contributed by atoms with E-state index in [-0.39, 0.29) is 0 Å². The third-order valence-electron chi connectivity index (χ3n) is 12.7. The summed E-state index contributed by atoms with van der Waals surface area (Å²) in [5.41, 5.74) is 16.7. The fourth-order valence-corrected chi connectivity index (χ4v) is 9.66. The SMILES string of the molecule is c1ccc(-c2ccccc2-c2ccccc2-c2cccc(N(c3ccc(-c4cccc5c4ccc4ccccc45)cc3)c3ccc(-c4cccc5c4oc4ccccc45)cc3)c2)cc1. The van der Waals surface area contributed by atoms with Crippen molar-refractivity contribution in [2.24, 2.45) is 0 Å². The lowest BCUT2D eigenvalue weighted by Crippen LogP contribution is -2.10. The first kappa shape index (κ1) is 37.3. The van der Waals surface area contributed by atoms with Crippen molar-refractivity contribution >= 4 is 60.5 Å². The van der Waals surface area contributed by atoms with E-state index in [1.165, 1.54) is 60.5 Å². The maximum Gasteiger partial charge on any atom is 0.143 e. The monoisotopic (exact) mass is 815 g/mol. The van der Waals surface area contributed by atoms with Crippen LogP contribution in [0, 0.1) is 0 Å². The van der Waals surface area contributed by atoms with Gasteiger partial charge in [-0.25, -0.2) is 0 Å². The Balaban J connectivity index is 0.978. The highest BCUT2D eigenvalue weighted by Gasteiger charge is 2.18. The average Bonchev–Trinajstić information content (AvgIpc) is 3.76. The molecule has 0 unspecified atom stereocenters. The first-order valence-electron chi connectivity index (χ1n) is 21.9. The van der Waals surface area contributed by atoms with Crippen LogP contribution in [-0.2, 0) is 0 Å². The molecule has 2 heteroatoms. The normalized spacial score (nSPS) is 11.4. The van der Waals surface area contributed by atoms with Crippen LogP contribution in [0.15, 0.2) is 253 Å². The quantitative estimate of drug-likeness (QED) is 0.142. The van der Waals surface area contributed by atoms with E-state index >= 15 is 0 Å². The molecule has 1 aromatic heterocycles. The third kappa shape index (κ3) is 6.52. The summed E-state index contributed by atoms with van der Waals surface area (Å²) in [5, 5.41) is 7.30. The van der Waals surface area contributed by atoms with Gasteiger partial charge < -0.3 is 9.32 Å². The molecule has 12 rings (SSSR count). The Morgan fingerprint density at radius 3 is 1.48 bits per heavy atom. The molecule has 0 aliphatic heterocycles. The largest absolute Gasteiger partial charge is 0.455 e.